The van der Waals surface area contributed by atoms with Crippen molar-refractivity contribution in [1.82, 2.24) is 15.1 Å². The number of nitrogens with zero attached hydrogens (tertiary/aromatic N) is 2. The number of aromatic amines is 1. The van der Waals surface area contributed by atoms with Crippen molar-refractivity contribution in [3.63, 3.8) is 0 Å². The summed E-state index contributed by atoms with van der Waals surface area (Å²) in [5.74, 6) is 0.640. The Morgan fingerprint density at radius 1 is 1.33 bits per heavy atom. The van der Waals surface area contributed by atoms with Crippen molar-refractivity contribution in [3.05, 3.63) is 54.1 Å². The summed E-state index contributed by atoms with van der Waals surface area (Å²) in [7, 11) is 5.46. The molecule has 0 spiro atoms. The Morgan fingerprint density at radius 2 is 2.18 bits per heavy atom. The molecule has 1 aliphatic rings. The molecule has 8 nitrogen and oxygen atoms in total. The van der Waals surface area contributed by atoms with E-state index in [1.165, 1.54) is 12.3 Å². The number of benzene rings is 2. The molecule has 1 atom stereocenters. The number of halogens is 1. The summed E-state index contributed by atoms with van der Waals surface area (Å²) in [6, 6.07) is 8.41. The molecule has 0 radical (unpaired) electrons. The van der Waals surface area contributed by atoms with E-state index in [0.717, 1.165) is 5.56 Å². The summed E-state index contributed by atoms with van der Waals surface area (Å²) < 4.78 is 31.8. The second-order valence-electron chi connectivity index (χ2n) is 8.14. The third-order valence-electron chi connectivity index (χ3n) is 5.48. The van der Waals surface area contributed by atoms with Gasteiger partial charge in [0.05, 0.1) is 24.9 Å². The van der Waals surface area contributed by atoms with E-state index in [9.17, 15) is 9.18 Å². The minimum Gasteiger partial charge on any atom is -0.497 e. The second-order valence-corrected chi connectivity index (χ2v) is 8.14. The Kier molecular flexibility index (Phi) is 6.79. The maximum absolute atomic E-state index is 14.9. The van der Waals surface area contributed by atoms with Gasteiger partial charge in [-0.25, -0.2) is 4.39 Å². The zero-order chi connectivity index (χ0) is 23.4. The van der Waals surface area contributed by atoms with Crippen molar-refractivity contribution in [1.29, 1.82) is 0 Å². The Balaban J connectivity index is 1.54. The minimum absolute atomic E-state index is 0.221. The van der Waals surface area contributed by atoms with Gasteiger partial charge in [0.25, 0.3) is 0 Å². The van der Waals surface area contributed by atoms with Crippen molar-refractivity contribution in [2.75, 3.05) is 46.3 Å². The average molecular weight is 455 g/mol. The number of hydrogen-bond donors (Lipinski definition) is 2. The van der Waals surface area contributed by atoms with Crippen LogP contribution in [0.2, 0.25) is 0 Å². The van der Waals surface area contributed by atoms with E-state index in [1.807, 2.05) is 37.2 Å². The third kappa shape index (κ3) is 5.25. The first kappa shape index (κ1) is 22.6. The van der Waals surface area contributed by atoms with Gasteiger partial charge in [0.1, 0.15) is 36.3 Å². The standard InChI is InChI=1S/C24H27FN4O4/c1-29(2)6-7-32-23-10-19(17-12-26-27-13-17)20(25)11-21(23)28-24(30)16-8-15-4-5-18(31-3)9-22(15)33-14-16/h4-5,9-13,16H,6-8,14H2,1-3H3,(H,26,27)(H,28,30). The van der Waals surface area contributed by atoms with Gasteiger partial charge in [-0.2, -0.15) is 5.10 Å². The van der Waals surface area contributed by atoms with Crippen LogP contribution in [0.4, 0.5) is 10.1 Å². The van der Waals surface area contributed by atoms with Gasteiger partial charge in [0, 0.05) is 36.0 Å². The number of fused-ring (bicyclic) bond motifs is 1. The molecule has 9 heteroatoms. The van der Waals surface area contributed by atoms with Crippen LogP contribution in [0.3, 0.4) is 0 Å². The molecule has 1 amide bonds. The van der Waals surface area contributed by atoms with E-state index in [4.69, 9.17) is 14.2 Å². The molecular weight excluding hydrogens is 427 g/mol. The van der Waals surface area contributed by atoms with Crippen molar-refractivity contribution in [2.24, 2.45) is 5.92 Å². The molecule has 2 aromatic carbocycles. The normalized spacial score (nSPS) is 15.0. The van der Waals surface area contributed by atoms with Crippen LogP contribution in [-0.4, -0.2) is 62.0 Å². The number of rotatable bonds is 8. The van der Waals surface area contributed by atoms with E-state index in [0.29, 0.717) is 47.9 Å². The SMILES string of the molecule is COc1ccc2c(c1)OCC(C(=O)Nc1cc(F)c(-c3cn[nH]c3)cc1OCCN(C)C)C2. The van der Waals surface area contributed by atoms with Gasteiger partial charge in [0.15, 0.2) is 0 Å². The Hall–Kier alpha value is -3.59. The molecular formula is C24H27FN4O4. The Labute approximate surface area is 191 Å². The summed E-state index contributed by atoms with van der Waals surface area (Å²) in [5, 5.41) is 9.41. The molecule has 33 heavy (non-hydrogen) atoms. The van der Waals surface area contributed by atoms with E-state index in [2.05, 4.69) is 15.5 Å². The lowest BCUT2D eigenvalue weighted by Crippen LogP contribution is -2.32. The summed E-state index contributed by atoms with van der Waals surface area (Å²) in [5.41, 5.74) is 2.14. The predicted octanol–water partition coefficient (Wildman–Crippen LogP) is 3.35. The number of amides is 1. The highest BCUT2D eigenvalue weighted by atomic mass is 19.1. The van der Waals surface area contributed by atoms with Gasteiger partial charge in [-0.15, -0.1) is 0 Å². The molecule has 174 valence electrons. The molecule has 0 saturated heterocycles. The zero-order valence-corrected chi connectivity index (χ0v) is 18.9. The maximum atomic E-state index is 14.9. The number of carbonyl (C=O) groups excluding carboxylic acids is 1. The molecule has 1 aliphatic heterocycles. The molecule has 1 unspecified atom stereocenters. The van der Waals surface area contributed by atoms with Gasteiger partial charge < -0.3 is 24.4 Å². The minimum atomic E-state index is -0.482. The number of ether oxygens (including phenoxy) is 3. The molecule has 2 N–H and O–H groups in total. The largest absolute Gasteiger partial charge is 0.497 e. The first-order valence-corrected chi connectivity index (χ1v) is 10.7. The third-order valence-corrected chi connectivity index (χ3v) is 5.48. The first-order valence-electron chi connectivity index (χ1n) is 10.7. The molecule has 1 aromatic heterocycles. The number of nitrogens with one attached hydrogen (secondary N) is 2. The molecule has 2 heterocycles. The van der Waals surface area contributed by atoms with Crippen LogP contribution >= 0.6 is 0 Å². The maximum Gasteiger partial charge on any atom is 0.231 e. The Bertz CT molecular complexity index is 1120. The number of H-pyrrole nitrogens is 1. The van der Waals surface area contributed by atoms with Gasteiger partial charge in [-0.1, -0.05) is 6.07 Å². The highest BCUT2D eigenvalue weighted by molar-refractivity contribution is 5.95. The van der Waals surface area contributed by atoms with E-state index < -0.39 is 11.7 Å². The quantitative estimate of drug-likeness (QED) is 0.543. The molecule has 0 bridgehead atoms. The fourth-order valence-corrected chi connectivity index (χ4v) is 3.61. The van der Waals surface area contributed by atoms with Crippen LogP contribution in [0.5, 0.6) is 17.2 Å². The number of likely N-dealkylation sites (N-methyl/N-ethyl adjacent to an activating group) is 1. The highest BCUT2D eigenvalue weighted by Crippen LogP contribution is 2.35. The summed E-state index contributed by atoms with van der Waals surface area (Å²) in [4.78, 5) is 15.0. The predicted molar refractivity (Wildman–Crippen MR) is 122 cm³/mol. The van der Waals surface area contributed by atoms with E-state index >= 15 is 0 Å². The van der Waals surface area contributed by atoms with Crippen molar-refractivity contribution in [2.45, 2.75) is 6.42 Å². The van der Waals surface area contributed by atoms with Gasteiger partial charge in [-0.3, -0.25) is 9.89 Å². The van der Waals surface area contributed by atoms with E-state index in [1.54, 1.807) is 19.4 Å². The molecule has 0 aliphatic carbocycles. The lowest BCUT2D eigenvalue weighted by atomic mass is 9.95. The molecule has 4 rings (SSSR count). The topological polar surface area (TPSA) is 88.7 Å². The molecule has 3 aromatic rings. The zero-order valence-electron chi connectivity index (χ0n) is 18.9. The van der Waals surface area contributed by atoms with Gasteiger partial charge in [-0.05, 0) is 38.2 Å². The number of methoxy groups -OCH3 is 1. The number of hydrogen-bond acceptors (Lipinski definition) is 6. The first-order chi connectivity index (χ1) is 15.9. The fraction of sp³-hybridized carbons (Fsp3) is 0.333. The van der Waals surface area contributed by atoms with Gasteiger partial charge in [0.2, 0.25) is 5.91 Å². The van der Waals surface area contributed by atoms with Crippen molar-refractivity contribution < 1.29 is 23.4 Å². The van der Waals surface area contributed by atoms with Crippen molar-refractivity contribution >= 4 is 11.6 Å². The van der Waals surface area contributed by atoms with Crippen LogP contribution in [-0.2, 0) is 11.2 Å². The number of aromatic nitrogens is 2. The Morgan fingerprint density at radius 3 is 2.91 bits per heavy atom. The van der Waals surface area contributed by atoms with Crippen LogP contribution in [0.25, 0.3) is 11.1 Å². The van der Waals surface area contributed by atoms with Crippen LogP contribution in [0, 0.1) is 11.7 Å². The van der Waals surface area contributed by atoms with Crippen molar-refractivity contribution in [3.8, 4) is 28.4 Å². The summed E-state index contributed by atoms with van der Waals surface area (Å²) in [6.07, 6.45) is 3.65. The van der Waals surface area contributed by atoms with Crippen LogP contribution < -0.4 is 19.5 Å². The lowest BCUT2D eigenvalue weighted by Gasteiger charge is -2.25. The van der Waals surface area contributed by atoms with Crippen LogP contribution in [0.1, 0.15) is 5.56 Å². The molecule has 0 fully saturated rings. The fourth-order valence-electron chi connectivity index (χ4n) is 3.61. The highest BCUT2D eigenvalue weighted by Gasteiger charge is 2.27. The number of anilines is 1. The number of carbonyl (C=O) groups is 1. The van der Waals surface area contributed by atoms with Crippen LogP contribution in [0.15, 0.2) is 42.7 Å². The average Bonchev–Trinajstić information content (AvgIpc) is 3.34. The summed E-state index contributed by atoms with van der Waals surface area (Å²) in [6.45, 7) is 1.27. The molecule has 0 saturated carbocycles. The monoisotopic (exact) mass is 454 g/mol. The van der Waals surface area contributed by atoms with E-state index in [-0.39, 0.29) is 18.2 Å². The van der Waals surface area contributed by atoms with Gasteiger partial charge >= 0.3 is 0 Å². The smallest absolute Gasteiger partial charge is 0.231 e. The summed E-state index contributed by atoms with van der Waals surface area (Å²) >= 11 is 0. The lowest BCUT2D eigenvalue weighted by molar-refractivity contribution is -0.121. The second kappa shape index (κ2) is 9.91.